The fourth-order valence-corrected chi connectivity index (χ4v) is 2.64. The van der Waals surface area contributed by atoms with Crippen molar-refractivity contribution in [1.29, 1.82) is 0 Å². The van der Waals surface area contributed by atoms with Gasteiger partial charge in [-0.1, -0.05) is 26.8 Å². The van der Waals surface area contributed by atoms with Gasteiger partial charge in [-0.2, -0.15) is 0 Å². The van der Waals surface area contributed by atoms with E-state index in [4.69, 9.17) is 4.42 Å². The molecule has 21 heavy (non-hydrogen) atoms. The zero-order valence-corrected chi connectivity index (χ0v) is 14.3. The van der Waals surface area contributed by atoms with Gasteiger partial charge in [0.2, 0.25) is 0 Å². The van der Waals surface area contributed by atoms with Gasteiger partial charge in [-0.05, 0) is 57.2 Å². The van der Waals surface area contributed by atoms with E-state index < -0.39 is 0 Å². The standard InChI is InChI=1S/C19H29NO/c1-7-13(3)14-9-10-17-16(11-14)15(8-2)18(21-17)12-20-19(4,5)6/h9-11,13,20H,7-8,12H2,1-6H3. The van der Waals surface area contributed by atoms with Crippen LogP contribution in [0.3, 0.4) is 0 Å². The molecule has 1 heterocycles. The number of fused-ring (bicyclic) bond motifs is 1. The third kappa shape index (κ3) is 3.68. The second-order valence-electron chi connectivity index (χ2n) is 7.03. The molecule has 116 valence electrons. The van der Waals surface area contributed by atoms with Crippen molar-refractivity contribution in [1.82, 2.24) is 5.32 Å². The van der Waals surface area contributed by atoms with Crippen LogP contribution < -0.4 is 5.32 Å². The van der Waals surface area contributed by atoms with Crippen molar-refractivity contribution in [3.63, 3.8) is 0 Å². The molecule has 0 aliphatic carbocycles. The van der Waals surface area contributed by atoms with E-state index in [2.05, 4.69) is 65.1 Å². The van der Waals surface area contributed by atoms with Crippen molar-refractivity contribution in [3.05, 3.63) is 35.1 Å². The molecule has 0 amide bonds. The molecule has 1 aromatic heterocycles. The lowest BCUT2D eigenvalue weighted by atomic mass is 9.96. The van der Waals surface area contributed by atoms with E-state index in [1.165, 1.54) is 22.9 Å². The molecule has 1 N–H and O–H groups in total. The SMILES string of the molecule is CCc1c(CNC(C)(C)C)oc2ccc(C(C)CC)cc12. The summed E-state index contributed by atoms with van der Waals surface area (Å²) in [6, 6.07) is 6.67. The van der Waals surface area contributed by atoms with Gasteiger partial charge in [0.1, 0.15) is 11.3 Å². The van der Waals surface area contributed by atoms with Gasteiger partial charge in [0.05, 0.1) is 6.54 Å². The van der Waals surface area contributed by atoms with Crippen LogP contribution >= 0.6 is 0 Å². The van der Waals surface area contributed by atoms with E-state index >= 15 is 0 Å². The van der Waals surface area contributed by atoms with Crippen molar-refractivity contribution in [2.24, 2.45) is 0 Å². The number of hydrogen-bond acceptors (Lipinski definition) is 2. The molecule has 0 radical (unpaired) electrons. The first-order valence-corrected chi connectivity index (χ1v) is 8.15. The minimum absolute atomic E-state index is 0.103. The van der Waals surface area contributed by atoms with Gasteiger partial charge in [-0.25, -0.2) is 0 Å². The first kappa shape index (κ1) is 16.1. The van der Waals surface area contributed by atoms with Crippen LogP contribution in [0.15, 0.2) is 22.6 Å². The molecule has 2 nitrogen and oxygen atoms in total. The average Bonchev–Trinajstić information content (AvgIpc) is 2.80. The van der Waals surface area contributed by atoms with Crippen LogP contribution in [-0.2, 0) is 13.0 Å². The number of aryl methyl sites for hydroxylation is 1. The van der Waals surface area contributed by atoms with Crippen molar-refractivity contribution in [2.45, 2.75) is 72.4 Å². The molecule has 0 saturated carbocycles. The molecule has 0 spiro atoms. The van der Waals surface area contributed by atoms with E-state index in [-0.39, 0.29) is 5.54 Å². The van der Waals surface area contributed by atoms with Gasteiger partial charge >= 0.3 is 0 Å². The summed E-state index contributed by atoms with van der Waals surface area (Å²) in [5.74, 6) is 1.69. The van der Waals surface area contributed by atoms with E-state index in [1.54, 1.807) is 0 Å². The zero-order valence-electron chi connectivity index (χ0n) is 14.3. The summed E-state index contributed by atoms with van der Waals surface area (Å²) in [5.41, 5.74) is 3.89. The largest absolute Gasteiger partial charge is 0.459 e. The van der Waals surface area contributed by atoms with Crippen LogP contribution in [0, 0.1) is 0 Å². The fraction of sp³-hybridized carbons (Fsp3) is 0.579. The van der Waals surface area contributed by atoms with Crippen molar-refractivity contribution < 1.29 is 4.42 Å². The first-order valence-electron chi connectivity index (χ1n) is 8.15. The third-order valence-corrected chi connectivity index (χ3v) is 4.21. The molecular formula is C19H29NO. The quantitative estimate of drug-likeness (QED) is 0.796. The molecule has 1 unspecified atom stereocenters. The number of rotatable bonds is 5. The monoisotopic (exact) mass is 287 g/mol. The Balaban J connectivity index is 2.39. The Bertz CT molecular complexity index is 604. The molecule has 0 saturated heterocycles. The Kier molecular flexibility index (Phi) is 4.77. The van der Waals surface area contributed by atoms with Gasteiger partial charge in [0, 0.05) is 16.5 Å². The van der Waals surface area contributed by atoms with Gasteiger partial charge in [-0.15, -0.1) is 0 Å². The Morgan fingerprint density at radius 2 is 1.90 bits per heavy atom. The lowest BCUT2D eigenvalue weighted by Crippen LogP contribution is -2.35. The van der Waals surface area contributed by atoms with Crippen LogP contribution in [0.25, 0.3) is 11.0 Å². The highest BCUT2D eigenvalue weighted by Gasteiger charge is 2.16. The van der Waals surface area contributed by atoms with Crippen LogP contribution in [-0.4, -0.2) is 5.54 Å². The number of furan rings is 1. The highest BCUT2D eigenvalue weighted by atomic mass is 16.3. The maximum Gasteiger partial charge on any atom is 0.134 e. The molecule has 0 aliphatic rings. The van der Waals surface area contributed by atoms with Crippen LogP contribution in [0.1, 0.15) is 70.8 Å². The Morgan fingerprint density at radius 1 is 1.19 bits per heavy atom. The predicted molar refractivity (Wildman–Crippen MR) is 90.9 cm³/mol. The Morgan fingerprint density at radius 3 is 2.48 bits per heavy atom. The summed E-state index contributed by atoms with van der Waals surface area (Å²) in [6.45, 7) is 14.1. The number of nitrogens with one attached hydrogen (secondary N) is 1. The molecule has 2 rings (SSSR count). The smallest absolute Gasteiger partial charge is 0.134 e. The van der Waals surface area contributed by atoms with Crippen LogP contribution in [0.5, 0.6) is 0 Å². The third-order valence-electron chi connectivity index (χ3n) is 4.21. The Labute approximate surface area is 128 Å². The molecule has 0 fully saturated rings. The van der Waals surface area contributed by atoms with E-state index in [9.17, 15) is 0 Å². The molecule has 1 atom stereocenters. The lowest BCUT2D eigenvalue weighted by Gasteiger charge is -2.19. The Hall–Kier alpha value is -1.28. The maximum absolute atomic E-state index is 6.09. The summed E-state index contributed by atoms with van der Waals surface area (Å²) < 4.78 is 6.09. The van der Waals surface area contributed by atoms with Gasteiger partial charge in [-0.3, -0.25) is 0 Å². The second kappa shape index (κ2) is 6.23. The van der Waals surface area contributed by atoms with Gasteiger partial charge < -0.3 is 9.73 Å². The molecule has 2 aromatic rings. The lowest BCUT2D eigenvalue weighted by molar-refractivity contribution is 0.393. The number of benzene rings is 1. The highest BCUT2D eigenvalue weighted by molar-refractivity contribution is 5.83. The summed E-state index contributed by atoms with van der Waals surface area (Å²) in [7, 11) is 0. The van der Waals surface area contributed by atoms with Crippen LogP contribution in [0.2, 0.25) is 0 Å². The normalized spacial score (nSPS) is 13.8. The summed E-state index contributed by atoms with van der Waals surface area (Å²) in [5, 5.41) is 4.82. The molecule has 0 bridgehead atoms. The molecule has 1 aromatic carbocycles. The van der Waals surface area contributed by atoms with E-state index in [1.807, 2.05) is 0 Å². The molecule has 0 aliphatic heterocycles. The van der Waals surface area contributed by atoms with Gasteiger partial charge in [0.25, 0.3) is 0 Å². The van der Waals surface area contributed by atoms with Crippen LogP contribution in [0.4, 0.5) is 0 Å². The summed E-state index contributed by atoms with van der Waals surface area (Å²) in [4.78, 5) is 0. The van der Waals surface area contributed by atoms with E-state index in [0.29, 0.717) is 5.92 Å². The highest BCUT2D eigenvalue weighted by Crippen LogP contribution is 2.30. The topological polar surface area (TPSA) is 25.2 Å². The minimum atomic E-state index is 0.103. The fourth-order valence-electron chi connectivity index (χ4n) is 2.64. The average molecular weight is 287 g/mol. The maximum atomic E-state index is 6.09. The van der Waals surface area contributed by atoms with Crippen molar-refractivity contribution in [3.8, 4) is 0 Å². The minimum Gasteiger partial charge on any atom is -0.459 e. The summed E-state index contributed by atoms with van der Waals surface area (Å²) >= 11 is 0. The van der Waals surface area contributed by atoms with E-state index in [0.717, 1.165) is 24.3 Å². The van der Waals surface area contributed by atoms with Gasteiger partial charge in [0.15, 0.2) is 0 Å². The summed E-state index contributed by atoms with van der Waals surface area (Å²) in [6.07, 6.45) is 2.18. The predicted octanol–water partition coefficient (Wildman–Crippen LogP) is 5.40. The van der Waals surface area contributed by atoms with Crippen molar-refractivity contribution >= 4 is 11.0 Å². The second-order valence-corrected chi connectivity index (χ2v) is 7.03. The van der Waals surface area contributed by atoms with Crippen molar-refractivity contribution in [2.75, 3.05) is 0 Å². The zero-order chi connectivity index (χ0) is 15.6. The molecular weight excluding hydrogens is 258 g/mol. The number of hydrogen-bond donors (Lipinski definition) is 1. The first-order chi connectivity index (χ1) is 9.85. The molecule has 2 heteroatoms.